The summed E-state index contributed by atoms with van der Waals surface area (Å²) in [5.41, 5.74) is 22.4. The zero-order valence-corrected chi connectivity index (χ0v) is 36.4. The Morgan fingerprint density at radius 1 is 0.370 bits per heavy atom. The van der Waals surface area contributed by atoms with Crippen LogP contribution in [0.15, 0.2) is 36.4 Å². The molecule has 0 N–H and O–H groups in total. The first-order chi connectivity index (χ1) is 25.7. The molecule has 0 spiro atoms. The third-order valence-electron chi connectivity index (χ3n) is 12.7. The molecule has 0 radical (unpaired) electrons. The van der Waals surface area contributed by atoms with Crippen molar-refractivity contribution in [2.45, 2.75) is 170 Å². The summed E-state index contributed by atoms with van der Waals surface area (Å²) in [6.07, 6.45) is 9.21. The molecule has 0 aliphatic heterocycles. The molecule has 4 aromatic rings. The van der Waals surface area contributed by atoms with Crippen LogP contribution in [0.1, 0.15) is 200 Å². The highest BCUT2D eigenvalue weighted by Crippen LogP contribution is 2.56. The molecule has 2 heteroatoms. The van der Waals surface area contributed by atoms with Gasteiger partial charge in [0.05, 0.1) is 14.2 Å². The highest BCUT2D eigenvalue weighted by atomic mass is 16.5. The van der Waals surface area contributed by atoms with Crippen molar-refractivity contribution in [3.8, 4) is 44.9 Å². The number of rotatable bonds is 11. The zero-order chi connectivity index (χ0) is 39.2. The lowest BCUT2D eigenvalue weighted by Crippen LogP contribution is -2.13. The van der Waals surface area contributed by atoms with E-state index in [1.54, 1.807) is 0 Å². The van der Waals surface area contributed by atoms with Crippen LogP contribution in [0, 0.1) is 0 Å². The first-order valence-corrected chi connectivity index (χ1v) is 21.5. The second-order valence-corrected chi connectivity index (χ2v) is 18.4. The summed E-state index contributed by atoms with van der Waals surface area (Å²) < 4.78 is 13.7. The minimum Gasteiger partial charge on any atom is -0.495 e. The summed E-state index contributed by atoms with van der Waals surface area (Å²) in [5, 5.41) is 0. The summed E-state index contributed by atoms with van der Waals surface area (Å²) in [6.45, 7) is 28.2. The van der Waals surface area contributed by atoms with Crippen LogP contribution in [0.2, 0.25) is 0 Å². The van der Waals surface area contributed by atoms with Gasteiger partial charge in [0.2, 0.25) is 0 Å². The fraction of sp³-hybridized carbons (Fsp3) is 0.538. The Bertz CT molecular complexity index is 1800. The van der Waals surface area contributed by atoms with Gasteiger partial charge >= 0.3 is 0 Å². The molecule has 0 saturated heterocycles. The maximum atomic E-state index is 6.85. The summed E-state index contributed by atoms with van der Waals surface area (Å²) in [6, 6.07) is 15.1. The smallest absolute Gasteiger partial charge is 0.134 e. The molecular weight excluding hydrogens is 657 g/mol. The van der Waals surface area contributed by atoms with Crippen LogP contribution >= 0.6 is 0 Å². The van der Waals surface area contributed by atoms with Gasteiger partial charge in [-0.2, -0.15) is 0 Å². The van der Waals surface area contributed by atoms with E-state index in [9.17, 15) is 0 Å². The van der Waals surface area contributed by atoms with E-state index in [0.29, 0.717) is 35.5 Å². The molecule has 0 bridgehead atoms. The van der Waals surface area contributed by atoms with Crippen molar-refractivity contribution in [3.63, 3.8) is 0 Å². The van der Waals surface area contributed by atoms with Gasteiger partial charge in [0.1, 0.15) is 11.5 Å². The van der Waals surface area contributed by atoms with E-state index in [4.69, 9.17) is 9.47 Å². The summed E-state index contributed by atoms with van der Waals surface area (Å²) in [5.74, 6) is 4.51. The van der Waals surface area contributed by atoms with Gasteiger partial charge in [0.15, 0.2) is 0 Å². The minimum atomic E-state index is 0.378. The van der Waals surface area contributed by atoms with E-state index in [-0.39, 0.29) is 0 Å². The quantitative estimate of drug-likeness (QED) is 0.153. The van der Waals surface area contributed by atoms with Crippen molar-refractivity contribution in [2.24, 2.45) is 0 Å². The summed E-state index contributed by atoms with van der Waals surface area (Å²) >= 11 is 0. The minimum absolute atomic E-state index is 0.378. The van der Waals surface area contributed by atoms with Crippen LogP contribution < -0.4 is 9.47 Å². The van der Waals surface area contributed by atoms with Gasteiger partial charge in [-0.05, 0) is 166 Å². The Labute approximate surface area is 329 Å². The molecule has 0 atom stereocenters. The molecule has 0 saturated carbocycles. The largest absolute Gasteiger partial charge is 0.495 e. The molecule has 0 amide bonds. The third-order valence-corrected chi connectivity index (χ3v) is 12.7. The molecule has 4 aromatic carbocycles. The number of aryl methyl sites for hydroxylation is 2. The standard InChI is InChI=1S/C52H70O2/c1-29(2)37-25-41(31(5)6)47(42(26-37)32(7)8)45-23-35-19-15-17-21-39(35)49(51(45)53-13)50-40-22-18-16-20-36(40)24-46(52(50)54-14)48-43(33(9)10)27-38(30(3)4)28-44(48)34(11)12/h23-34H,15-22H2,1-14H3. The molecular formula is C52H70O2. The number of benzene rings is 4. The van der Waals surface area contributed by atoms with Crippen molar-refractivity contribution >= 4 is 0 Å². The normalized spacial score (nSPS) is 14.5. The highest BCUT2D eigenvalue weighted by Gasteiger charge is 2.33. The number of methoxy groups -OCH3 is 2. The first-order valence-electron chi connectivity index (χ1n) is 21.5. The average molecular weight is 727 g/mol. The number of hydrogen-bond donors (Lipinski definition) is 0. The lowest BCUT2D eigenvalue weighted by Gasteiger charge is -2.32. The van der Waals surface area contributed by atoms with E-state index >= 15 is 0 Å². The Hall–Kier alpha value is -3.52. The van der Waals surface area contributed by atoms with E-state index < -0.39 is 0 Å². The molecule has 0 aromatic heterocycles. The molecule has 0 heterocycles. The van der Waals surface area contributed by atoms with Crippen LogP contribution in [0.25, 0.3) is 33.4 Å². The van der Waals surface area contributed by atoms with Crippen molar-refractivity contribution in [2.75, 3.05) is 14.2 Å². The van der Waals surface area contributed by atoms with Gasteiger partial charge in [0, 0.05) is 22.3 Å². The van der Waals surface area contributed by atoms with Crippen molar-refractivity contribution in [3.05, 3.63) is 92.0 Å². The van der Waals surface area contributed by atoms with Gasteiger partial charge in [-0.3, -0.25) is 0 Å². The van der Waals surface area contributed by atoms with Gasteiger partial charge < -0.3 is 9.47 Å². The lowest BCUT2D eigenvalue weighted by atomic mass is 9.74. The number of hydrogen-bond acceptors (Lipinski definition) is 2. The average Bonchev–Trinajstić information content (AvgIpc) is 3.14. The van der Waals surface area contributed by atoms with Crippen LogP contribution in [-0.2, 0) is 25.7 Å². The molecule has 0 fully saturated rings. The topological polar surface area (TPSA) is 18.5 Å². The SMILES string of the molecule is COc1c(-c2c(C(C)C)cc(C(C)C)cc2C(C)C)cc2c(c1-c1c3c(cc(-c4c(C(C)C)cc(C(C)C)cc4C(C)C)c1OC)CCCC3)CCCC2. The van der Waals surface area contributed by atoms with Gasteiger partial charge in [-0.25, -0.2) is 0 Å². The fourth-order valence-corrected chi connectivity index (χ4v) is 9.63. The summed E-state index contributed by atoms with van der Waals surface area (Å²) in [7, 11) is 3.84. The van der Waals surface area contributed by atoms with E-state index in [1.165, 1.54) is 115 Å². The van der Waals surface area contributed by atoms with Gasteiger partial charge in [-0.15, -0.1) is 0 Å². The lowest BCUT2D eigenvalue weighted by molar-refractivity contribution is 0.410. The third kappa shape index (κ3) is 7.29. The van der Waals surface area contributed by atoms with E-state index in [0.717, 1.165) is 37.2 Å². The van der Waals surface area contributed by atoms with Crippen molar-refractivity contribution in [1.82, 2.24) is 0 Å². The molecule has 2 aliphatic rings. The monoisotopic (exact) mass is 727 g/mol. The van der Waals surface area contributed by atoms with Crippen LogP contribution in [0.4, 0.5) is 0 Å². The number of fused-ring (bicyclic) bond motifs is 2. The predicted octanol–water partition coefficient (Wildman–Crippen LogP) is 15.2. The first kappa shape index (κ1) is 40.2. The predicted molar refractivity (Wildman–Crippen MR) is 234 cm³/mol. The Kier molecular flexibility index (Phi) is 12.1. The maximum absolute atomic E-state index is 6.85. The van der Waals surface area contributed by atoms with Crippen molar-refractivity contribution < 1.29 is 9.47 Å². The van der Waals surface area contributed by atoms with Crippen LogP contribution in [0.5, 0.6) is 11.5 Å². The molecule has 2 aliphatic carbocycles. The van der Waals surface area contributed by atoms with Gasteiger partial charge in [-0.1, -0.05) is 107 Å². The maximum Gasteiger partial charge on any atom is 0.134 e. The second-order valence-electron chi connectivity index (χ2n) is 18.4. The fourth-order valence-electron chi connectivity index (χ4n) is 9.63. The molecule has 54 heavy (non-hydrogen) atoms. The second kappa shape index (κ2) is 16.3. The molecule has 6 rings (SSSR count). The van der Waals surface area contributed by atoms with E-state index in [2.05, 4.69) is 119 Å². The van der Waals surface area contributed by atoms with Crippen LogP contribution in [0.3, 0.4) is 0 Å². The van der Waals surface area contributed by atoms with Crippen molar-refractivity contribution in [1.29, 1.82) is 0 Å². The Morgan fingerprint density at radius 2 is 0.667 bits per heavy atom. The highest BCUT2D eigenvalue weighted by molar-refractivity contribution is 5.96. The van der Waals surface area contributed by atoms with Gasteiger partial charge in [0.25, 0.3) is 0 Å². The Balaban J connectivity index is 1.81. The number of ether oxygens (including phenoxy) is 2. The van der Waals surface area contributed by atoms with Crippen LogP contribution in [-0.4, -0.2) is 14.2 Å². The molecule has 0 unspecified atom stereocenters. The zero-order valence-electron chi connectivity index (χ0n) is 36.4. The Morgan fingerprint density at radius 3 is 0.926 bits per heavy atom. The van der Waals surface area contributed by atoms with E-state index in [1.807, 2.05) is 14.2 Å². The molecule has 290 valence electrons. The summed E-state index contributed by atoms with van der Waals surface area (Å²) in [4.78, 5) is 0. The molecule has 2 nitrogen and oxygen atoms in total.